The summed E-state index contributed by atoms with van der Waals surface area (Å²) >= 11 is 1.58. The van der Waals surface area contributed by atoms with Crippen LogP contribution >= 0.6 is 11.8 Å². The summed E-state index contributed by atoms with van der Waals surface area (Å²) in [7, 11) is 3.14. The number of benzene rings is 2. The number of nitrogens with one attached hydrogen (secondary N) is 1. The standard InChI is InChI=1S/C20H22FNO3S/c1-24-18-9-7-15(13-19(18)25-2)8-10-20(23)22-11-12-26-14-16-5-3-4-6-17(16)21/h3-10,13H,11-12,14H2,1-2H3,(H,22,23)/b10-8+. The monoisotopic (exact) mass is 375 g/mol. The van der Waals surface area contributed by atoms with Crippen LogP contribution < -0.4 is 14.8 Å². The molecule has 0 saturated heterocycles. The van der Waals surface area contributed by atoms with Gasteiger partial charge in [0.05, 0.1) is 14.2 Å². The molecule has 6 heteroatoms. The highest BCUT2D eigenvalue weighted by Crippen LogP contribution is 2.27. The molecule has 0 atom stereocenters. The Bertz CT molecular complexity index is 764. The molecule has 1 N–H and O–H groups in total. The minimum Gasteiger partial charge on any atom is -0.493 e. The van der Waals surface area contributed by atoms with Crippen LogP contribution in [0, 0.1) is 5.82 Å². The molecule has 0 aromatic heterocycles. The molecule has 0 radical (unpaired) electrons. The van der Waals surface area contributed by atoms with E-state index in [2.05, 4.69) is 5.32 Å². The number of carbonyl (C=O) groups excluding carboxylic acids is 1. The third-order valence-electron chi connectivity index (χ3n) is 3.60. The minimum absolute atomic E-state index is 0.175. The van der Waals surface area contributed by atoms with Gasteiger partial charge in [0.1, 0.15) is 5.82 Å². The molecule has 0 aliphatic rings. The van der Waals surface area contributed by atoms with Crippen LogP contribution in [0.4, 0.5) is 4.39 Å². The van der Waals surface area contributed by atoms with Crippen LogP contribution in [0.5, 0.6) is 11.5 Å². The van der Waals surface area contributed by atoms with E-state index in [9.17, 15) is 9.18 Å². The van der Waals surface area contributed by atoms with Crippen LogP contribution in [0.3, 0.4) is 0 Å². The second kappa shape index (κ2) is 10.5. The Morgan fingerprint density at radius 1 is 1.15 bits per heavy atom. The zero-order chi connectivity index (χ0) is 18.8. The summed E-state index contributed by atoms with van der Waals surface area (Å²) in [5.74, 6) is 2.18. The quantitative estimate of drug-likeness (QED) is 0.533. The largest absolute Gasteiger partial charge is 0.493 e. The first-order valence-corrected chi connectivity index (χ1v) is 9.28. The molecule has 26 heavy (non-hydrogen) atoms. The number of carbonyl (C=O) groups is 1. The predicted molar refractivity (Wildman–Crippen MR) is 104 cm³/mol. The zero-order valence-corrected chi connectivity index (χ0v) is 15.6. The maximum absolute atomic E-state index is 13.5. The molecule has 138 valence electrons. The molecule has 2 rings (SSSR count). The third kappa shape index (κ3) is 6.11. The van der Waals surface area contributed by atoms with Gasteiger partial charge in [-0.15, -0.1) is 0 Å². The lowest BCUT2D eigenvalue weighted by atomic mass is 10.2. The first-order chi connectivity index (χ1) is 12.6. The van der Waals surface area contributed by atoms with Gasteiger partial charge >= 0.3 is 0 Å². The Morgan fingerprint density at radius 2 is 1.92 bits per heavy atom. The molecule has 0 bridgehead atoms. The summed E-state index contributed by atoms with van der Waals surface area (Å²) < 4.78 is 23.9. The Hall–Kier alpha value is -2.47. The molecule has 1 amide bonds. The van der Waals surface area contributed by atoms with E-state index >= 15 is 0 Å². The normalized spacial score (nSPS) is 10.7. The molecule has 0 heterocycles. The molecule has 2 aromatic carbocycles. The first-order valence-electron chi connectivity index (χ1n) is 8.13. The average molecular weight is 375 g/mol. The van der Waals surface area contributed by atoms with Crippen molar-refractivity contribution in [3.05, 3.63) is 65.5 Å². The lowest BCUT2D eigenvalue weighted by molar-refractivity contribution is -0.116. The Labute approximate surface area is 157 Å². The molecular weight excluding hydrogens is 353 g/mol. The number of thioether (sulfide) groups is 1. The topological polar surface area (TPSA) is 47.6 Å². The maximum Gasteiger partial charge on any atom is 0.244 e. The molecule has 0 spiro atoms. The predicted octanol–water partition coefficient (Wildman–Crippen LogP) is 3.91. The Balaban J connectivity index is 1.73. The van der Waals surface area contributed by atoms with Gasteiger partial charge in [-0.3, -0.25) is 4.79 Å². The molecule has 0 unspecified atom stereocenters. The fourth-order valence-electron chi connectivity index (χ4n) is 2.23. The van der Waals surface area contributed by atoms with Crippen molar-refractivity contribution in [1.29, 1.82) is 0 Å². The summed E-state index contributed by atoms with van der Waals surface area (Å²) in [4.78, 5) is 11.9. The highest BCUT2D eigenvalue weighted by Gasteiger charge is 2.03. The van der Waals surface area contributed by atoms with Crippen LogP contribution in [0.1, 0.15) is 11.1 Å². The van der Waals surface area contributed by atoms with Gasteiger partial charge in [0.15, 0.2) is 11.5 Å². The van der Waals surface area contributed by atoms with Gasteiger partial charge in [0, 0.05) is 24.1 Å². The van der Waals surface area contributed by atoms with Crippen LogP contribution in [0.15, 0.2) is 48.5 Å². The highest BCUT2D eigenvalue weighted by molar-refractivity contribution is 7.98. The van der Waals surface area contributed by atoms with Crippen molar-refractivity contribution in [3.63, 3.8) is 0 Å². The smallest absolute Gasteiger partial charge is 0.244 e. The van der Waals surface area contributed by atoms with Crippen molar-refractivity contribution in [1.82, 2.24) is 5.32 Å². The molecule has 0 fully saturated rings. The number of amides is 1. The van der Waals surface area contributed by atoms with Gasteiger partial charge in [0.25, 0.3) is 0 Å². The summed E-state index contributed by atoms with van der Waals surface area (Å²) in [6.45, 7) is 0.522. The lowest BCUT2D eigenvalue weighted by Crippen LogP contribution is -2.23. The third-order valence-corrected chi connectivity index (χ3v) is 4.60. The van der Waals surface area contributed by atoms with Gasteiger partial charge < -0.3 is 14.8 Å². The van der Waals surface area contributed by atoms with Crippen molar-refractivity contribution < 1.29 is 18.7 Å². The van der Waals surface area contributed by atoms with Gasteiger partial charge in [0.2, 0.25) is 5.91 Å². The summed E-state index contributed by atoms with van der Waals surface area (Å²) in [6.07, 6.45) is 3.19. The van der Waals surface area contributed by atoms with E-state index in [1.807, 2.05) is 12.1 Å². The van der Waals surface area contributed by atoms with E-state index in [4.69, 9.17) is 9.47 Å². The highest BCUT2D eigenvalue weighted by atomic mass is 32.2. The maximum atomic E-state index is 13.5. The molecule has 0 saturated carbocycles. The van der Waals surface area contributed by atoms with E-state index in [-0.39, 0.29) is 11.7 Å². The first kappa shape index (κ1) is 19.8. The van der Waals surface area contributed by atoms with Gasteiger partial charge in [-0.1, -0.05) is 24.3 Å². The number of hydrogen-bond acceptors (Lipinski definition) is 4. The number of rotatable bonds is 9. The number of methoxy groups -OCH3 is 2. The Kier molecular flexibility index (Phi) is 8.02. The van der Waals surface area contributed by atoms with Crippen molar-refractivity contribution in [3.8, 4) is 11.5 Å². The van der Waals surface area contributed by atoms with E-state index in [1.54, 1.807) is 56.3 Å². The number of ether oxygens (including phenoxy) is 2. The van der Waals surface area contributed by atoms with Crippen molar-refractivity contribution in [2.45, 2.75) is 5.75 Å². The van der Waals surface area contributed by atoms with Crippen LogP contribution in [-0.4, -0.2) is 32.4 Å². The fourth-order valence-corrected chi connectivity index (χ4v) is 3.08. The van der Waals surface area contributed by atoms with E-state index in [1.165, 1.54) is 12.1 Å². The lowest BCUT2D eigenvalue weighted by Gasteiger charge is -2.07. The van der Waals surface area contributed by atoms with Crippen LogP contribution in [0.25, 0.3) is 6.08 Å². The number of hydrogen-bond donors (Lipinski definition) is 1. The van der Waals surface area contributed by atoms with Crippen molar-refractivity contribution in [2.24, 2.45) is 0 Å². The van der Waals surface area contributed by atoms with Gasteiger partial charge in [-0.2, -0.15) is 11.8 Å². The van der Waals surface area contributed by atoms with E-state index < -0.39 is 0 Å². The zero-order valence-electron chi connectivity index (χ0n) is 14.8. The SMILES string of the molecule is COc1ccc(/C=C/C(=O)NCCSCc2ccccc2F)cc1OC. The molecule has 0 aliphatic heterocycles. The van der Waals surface area contributed by atoms with Crippen LogP contribution in [-0.2, 0) is 10.5 Å². The second-order valence-electron chi connectivity index (χ2n) is 5.38. The van der Waals surface area contributed by atoms with Gasteiger partial charge in [-0.25, -0.2) is 4.39 Å². The van der Waals surface area contributed by atoms with Gasteiger partial charge in [-0.05, 0) is 35.4 Å². The number of halogens is 1. The summed E-state index contributed by atoms with van der Waals surface area (Å²) in [5.41, 5.74) is 1.52. The molecule has 0 aliphatic carbocycles. The molecular formula is C20H22FNO3S. The van der Waals surface area contributed by atoms with E-state index in [0.29, 0.717) is 35.1 Å². The fraction of sp³-hybridized carbons (Fsp3) is 0.250. The molecule has 4 nitrogen and oxygen atoms in total. The summed E-state index contributed by atoms with van der Waals surface area (Å²) in [5, 5.41) is 2.81. The van der Waals surface area contributed by atoms with Crippen molar-refractivity contribution >= 4 is 23.7 Å². The Morgan fingerprint density at radius 3 is 2.65 bits per heavy atom. The van der Waals surface area contributed by atoms with Crippen LogP contribution in [0.2, 0.25) is 0 Å². The second-order valence-corrected chi connectivity index (χ2v) is 6.49. The molecule has 2 aromatic rings. The van der Waals surface area contributed by atoms with E-state index in [0.717, 1.165) is 5.56 Å². The van der Waals surface area contributed by atoms with Crippen molar-refractivity contribution in [2.75, 3.05) is 26.5 Å². The minimum atomic E-state index is -0.193. The summed E-state index contributed by atoms with van der Waals surface area (Å²) in [6, 6.07) is 12.1. The average Bonchev–Trinajstić information content (AvgIpc) is 2.67.